The smallest absolute Gasteiger partial charge is 0.268 e. The van der Waals surface area contributed by atoms with Crippen molar-refractivity contribution < 1.29 is 14.0 Å². The van der Waals surface area contributed by atoms with Gasteiger partial charge in [-0.05, 0) is 48.3 Å². The molecule has 2 atom stereocenters. The number of imidazole rings is 1. The standard InChI is InChI=1S/C27H37N3O3Si/c1-20(33-34(5,6)27(2,3)4)25(30-18-24(26(28)31)29-19-30)15-16-32-23-14-10-13-22(17-23)21-11-8-7-9-12-21/h7-14,17-20,25H,15-16H2,1-6H3,(H2,28,31)/t20-,25+/m0/s1. The van der Waals surface area contributed by atoms with E-state index >= 15 is 0 Å². The summed E-state index contributed by atoms with van der Waals surface area (Å²) in [5.74, 6) is 0.283. The first-order valence-electron chi connectivity index (χ1n) is 11.8. The number of benzene rings is 2. The van der Waals surface area contributed by atoms with Gasteiger partial charge in [-0.1, -0.05) is 63.2 Å². The predicted molar refractivity (Wildman–Crippen MR) is 140 cm³/mol. The minimum atomic E-state index is -1.99. The summed E-state index contributed by atoms with van der Waals surface area (Å²) >= 11 is 0. The molecule has 2 N–H and O–H groups in total. The van der Waals surface area contributed by atoms with Gasteiger partial charge in [-0.3, -0.25) is 4.79 Å². The lowest BCUT2D eigenvalue weighted by Gasteiger charge is -2.40. The van der Waals surface area contributed by atoms with Crippen LogP contribution in [0.5, 0.6) is 5.75 Å². The van der Waals surface area contributed by atoms with Crippen LogP contribution >= 0.6 is 0 Å². The third-order valence-electron chi connectivity index (χ3n) is 6.69. The van der Waals surface area contributed by atoms with Crippen LogP contribution in [0.1, 0.15) is 50.6 Å². The Kier molecular flexibility index (Phi) is 7.99. The third kappa shape index (κ3) is 6.36. The topological polar surface area (TPSA) is 79.4 Å². The Balaban J connectivity index is 1.75. The van der Waals surface area contributed by atoms with E-state index < -0.39 is 14.2 Å². The average Bonchev–Trinajstić information content (AvgIpc) is 3.26. The van der Waals surface area contributed by atoms with E-state index in [2.05, 4.69) is 70.0 Å². The Morgan fingerprint density at radius 1 is 1.09 bits per heavy atom. The molecule has 3 rings (SSSR count). The fourth-order valence-electron chi connectivity index (χ4n) is 3.69. The zero-order chi connectivity index (χ0) is 24.9. The second kappa shape index (κ2) is 10.6. The van der Waals surface area contributed by atoms with Gasteiger partial charge in [0.2, 0.25) is 0 Å². The highest BCUT2D eigenvalue weighted by molar-refractivity contribution is 6.74. The fraction of sp³-hybridized carbons (Fsp3) is 0.407. The monoisotopic (exact) mass is 479 g/mol. The van der Waals surface area contributed by atoms with E-state index in [0.29, 0.717) is 13.0 Å². The number of ether oxygens (including phenoxy) is 1. The van der Waals surface area contributed by atoms with Crippen molar-refractivity contribution in [3.8, 4) is 16.9 Å². The van der Waals surface area contributed by atoms with Gasteiger partial charge in [-0.15, -0.1) is 0 Å². The van der Waals surface area contributed by atoms with Gasteiger partial charge in [0.05, 0.1) is 25.1 Å². The van der Waals surface area contributed by atoms with E-state index in [0.717, 1.165) is 16.9 Å². The Bertz CT molecular complexity index is 1090. The van der Waals surface area contributed by atoms with Gasteiger partial charge < -0.3 is 19.5 Å². The zero-order valence-electron chi connectivity index (χ0n) is 21.1. The van der Waals surface area contributed by atoms with Crippen LogP contribution in [-0.4, -0.2) is 36.5 Å². The van der Waals surface area contributed by atoms with E-state index in [1.165, 1.54) is 0 Å². The Morgan fingerprint density at radius 2 is 1.76 bits per heavy atom. The van der Waals surface area contributed by atoms with Crippen molar-refractivity contribution in [3.05, 3.63) is 72.8 Å². The number of rotatable bonds is 10. The summed E-state index contributed by atoms with van der Waals surface area (Å²) < 4.78 is 14.8. The number of nitrogens with zero attached hydrogens (tertiary/aromatic N) is 2. The second-order valence-corrected chi connectivity index (χ2v) is 15.0. The summed E-state index contributed by atoms with van der Waals surface area (Å²) in [6.07, 6.45) is 3.97. The maximum absolute atomic E-state index is 11.6. The molecule has 0 radical (unpaired) electrons. The molecule has 2 aromatic carbocycles. The molecule has 7 heteroatoms. The third-order valence-corrected chi connectivity index (χ3v) is 11.3. The summed E-state index contributed by atoms with van der Waals surface area (Å²) in [6.45, 7) is 13.8. The fourth-order valence-corrected chi connectivity index (χ4v) is 5.13. The molecule has 1 heterocycles. The molecule has 0 fully saturated rings. The van der Waals surface area contributed by atoms with Gasteiger partial charge in [0.1, 0.15) is 11.4 Å². The van der Waals surface area contributed by atoms with Crippen LogP contribution in [0.3, 0.4) is 0 Å². The largest absolute Gasteiger partial charge is 0.493 e. The zero-order valence-corrected chi connectivity index (χ0v) is 22.1. The number of amides is 1. The van der Waals surface area contributed by atoms with E-state index in [-0.39, 0.29) is 22.9 Å². The summed E-state index contributed by atoms with van der Waals surface area (Å²) in [7, 11) is -1.99. The maximum atomic E-state index is 11.6. The van der Waals surface area contributed by atoms with Crippen molar-refractivity contribution in [2.45, 2.75) is 64.4 Å². The van der Waals surface area contributed by atoms with Gasteiger partial charge in [0.25, 0.3) is 5.91 Å². The maximum Gasteiger partial charge on any atom is 0.268 e. The normalized spacial score (nSPS) is 13.9. The highest BCUT2D eigenvalue weighted by Crippen LogP contribution is 2.39. The molecule has 0 aliphatic carbocycles. The molecule has 6 nitrogen and oxygen atoms in total. The Labute approximate surface area is 204 Å². The molecule has 0 saturated heterocycles. The average molecular weight is 480 g/mol. The highest BCUT2D eigenvalue weighted by atomic mass is 28.4. The molecule has 0 aliphatic rings. The van der Waals surface area contributed by atoms with Gasteiger partial charge in [-0.25, -0.2) is 4.98 Å². The summed E-state index contributed by atoms with van der Waals surface area (Å²) in [4.78, 5) is 15.8. The first-order chi connectivity index (χ1) is 16.0. The van der Waals surface area contributed by atoms with Gasteiger partial charge >= 0.3 is 0 Å². The van der Waals surface area contributed by atoms with Crippen LogP contribution < -0.4 is 10.5 Å². The minimum absolute atomic E-state index is 0.0490. The Morgan fingerprint density at radius 3 is 2.38 bits per heavy atom. The van der Waals surface area contributed by atoms with Crippen LogP contribution in [0.2, 0.25) is 18.1 Å². The van der Waals surface area contributed by atoms with Crippen LogP contribution in [-0.2, 0) is 4.43 Å². The Hall–Kier alpha value is -2.90. The number of nitrogens with two attached hydrogens (primary N) is 1. The van der Waals surface area contributed by atoms with Crippen LogP contribution in [0.15, 0.2) is 67.1 Å². The first-order valence-corrected chi connectivity index (χ1v) is 14.7. The highest BCUT2D eigenvalue weighted by Gasteiger charge is 2.40. The molecule has 1 aromatic heterocycles. The SMILES string of the molecule is C[C@H](O[Si](C)(C)C(C)(C)C)[C@@H](CCOc1cccc(-c2ccccc2)c1)n1cnc(C(N)=O)c1. The van der Waals surface area contributed by atoms with E-state index in [4.69, 9.17) is 14.9 Å². The molecule has 0 aliphatic heterocycles. The number of primary amides is 1. The quantitative estimate of drug-likeness (QED) is 0.358. The molecule has 34 heavy (non-hydrogen) atoms. The van der Waals surface area contributed by atoms with Crippen molar-refractivity contribution >= 4 is 14.2 Å². The molecule has 0 unspecified atom stereocenters. The lowest BCUT2D eigenvalue weighted by Crippen LogP contribution is -2.45. The van der Waals surface area contributed by atoms with E-state index in [1.807, 2.05) is 34.9 Å². The number of carbonyl (C=O) groups is 1. The van der Waals surface area contributed by atoms with Gasteiger partial charge in [0, 0.05) is 12.6 Å². The van der Waals surface area contributed by atoms with E-state index in [9.17, 15) is 4.79 Å². The lowest BCUT2D eigenvalue weighted by atomic mass is 10.1. The number of hydrogen-bond donors (Lipinski definition) is 1. The molecule has 0 bridgehead atoms. The molecular weight excluding hydrogens is 442 g/mol. The molecule has 0 saturated carbocycles. The number of carbonyl (C=O) groups excluding carboxylic acids is 1. The number of hydrogen-bond acceptors (Lipinski definition) is 4. The summed E-state index contributed by atoms with van der Waals surface area (Å²) in [5, 5.41) is 0.0908. The summed E-state index contributed by atoms with van der Waals surface area (Å²) in [5.41, 5.74) is 7.96. The van der Waals surface area contributed by atoms with Crippen molar-refractivity contribution in [2.75, 3.05) is 6.61 Å². The van der Waals surface area contributed by atoms with Gasteiger partial charge in [0.15, 0.2) is 8.32 Å². The second-order valence-electron chi connectivity index (χ2n) is 10.3. The molecule has 182 valence electrons. The van der Waals surface area contributed by atoms with Crippen LogP contribution in [0.25, 0.3) is 11.1 Å². The molecular formula is C27H37N3O3Si. The molecule has 0 spiro atoms. The minimum Gasteiger partial charge on any atom is -0.493 e. The van der Waals surface area contributed by atoms with Crippen molar-refractivity contribution in [1.29, 1.82) is 0 Å². The van der Waals surface area contributed by atoms with Crippen molar-refractivity contribution in [2.24, 2.45) is 5.73 Å². The van der Waals surface area contributed by atoms with Crippen LogP contribution in [0, 0.1) is 0 Å². The predicted octanol–water partition coefficient (Wildman–Crippen LogP) is 6.07. The molecule has 1 amide bonds. The van der Waals surface area contributed by atoms with Gasteiger partial charge in [-0.2, -0.15) is 0 Å². The first kappa shape index (κ1) is 25.7. The van der Waals surface area contributed by atoms with Crippen molar-refractivity contribution in [3.63, 3.8) is 0 Å². The number of aromatic nitrogens is 2. The van der Waals surface area contributed by atoms with Crippen LogP contribution in [0.4, 0.5) is 0 Å². The van der Waals surface area contributed by atoms with Crippen molar-refractivity contribution in [1.82, 2.24) is 9.55 Å². The molecule has 3 aromatic rings. The lowest BCUT2D eigenvalue weighted by molar-refractivity contribution is 0.0994. The summed E-state index contributed by atoms with van der Waals surface area (Å²) in [6, 6.07) is 18.3. The van der Waals surface area contributed by atoms with E-state index in [1.54, 1.807) is 12.5 Å².